The molecule has 0 unspecified atom stereocenters. The van der Waals surface area contributed by atoms with Gasteiger partial charge in [-0.05, 0) is 18.2 Å². The number of imidazole rings is 2. The lowest BCUT2D eigenvalue weighted by Gasteiger charge is -2.04. The third-order valence-corrected chi connectivity index (χ3v) is 3.81. The van der Waals surface area contributed by atoms with Crippen LogP contribution in [0, 0.1) is 0 Å². The maximum absolute atomic E-state index is 6.05. The van der Waals surface area contributed by atoms with Gasteiger partial charge in [-0.1, -0.05) is 23.2 Å². The summed E-state index contributed by atoms with van der Waals surface area (Å²) >= 11 is 11.9. The second-order valence-corrected chi connectivity index (χ2v) is 5.01. The van der Waals surface area contributed by atoms with Crippen LogP contribution in [-0.2, 0) is 13.6 Å². The van der Waals surface area contributed by atoms with E-state index in [4.69, 9.17) is 28.9 Å². The molecular weight excluding hydrogens is 285 g/mol. The highest BCUT2D eigenvalue weighted by Crippen LogP contribution is 2.22. The zero-order valence-corrected chi connectivity index (χ0v) is 11.7. The smallest absolute Gasteiger partial charge is 0.166 e. The minimum atomic E-state index is 0.296. The highest BCUT2D eigenvalue weighted by atomic mass is 35.5. The predicted octanol–water partition coefficient (Wildman–Crippen LogP) is 2.71. The number of hydrogen-bond acceptors (Lipinski definition) is 3. The van der Waals surface area contributed by atoms with E-state index in [1.165, 1.54) is 0 Å². The van der Waals surface area contributed by atoms with Crippen LogP contribution in [-0.4, -0.2) is 19.1 Å². The zero-order valence-electron chi connectivity index (χ0n) is 10.1. The largest absolute Gasteiger partial charge is 0.399 e. The zero-order chi connectivity index (χ0) is 13.6. The molecule has 3 aromatic rings. The van der Waals surface area contributed by atoms with Crippen LogP contribution >= 0.6 is 23.2 Å². The molecule has 0 aliphatic carbocycles. The molecule has 0 aliphatic rings. The number of anilines is 1. The first-order chi connectivity index (χ1) is 9.06. The molecule has 0 atom stereocenters. The van der Waals surface area contributed by atoms with E-state index >= 15 is 0 Å². The number of halogens is 2. The number of nitrogens with zero attached hydrogens (tertiary/aromatic N) is 4. The first-order valence-corrected chi connectivity index (χ1v) is 6.39. The summed E-state index contributed by atoms with van der Waals surface area (Å²) in [7, 11) is 1.95. The van der Waals surface area contributed by atoms with Crippen molar-refractivity contribution in [2.24, 2.45) is 7.05 Å². The number of hydrogen-bond donors (Lipinski definition) is 1. The van der Waals surface area contributed by atoms with Gasteiger partial charge in [-0.3, -0.25) is 0 Å². The van der Waals surface area contributed by atoms with Crippen LogP contribution < -0.4 is 5.73 Å². The first kappa shape index (κ1) is 12.3. The molecule has 0 saturated heterocycles. The molecule has 0 aliphatic heterocycles. The number of nitrogen functional groups attached to an aromatic ring is 1. The fourth-order valence-electron chi connectivity index (χ4n) is 2.01. The van der Waals surface area contributed by atoms with E-state index < -0.39 is 0 Å². The molecule has 0 amide bonds. The van der Waals surface area contributed by atoms with Gasteiger partial charge in [0.25, 0.3) is 0 Å². The van der Waals surface area contributed by atoms with Crippen LogP contribution in [0.2, 0.25) is 10.3 Å². The summed E-state index contributed by atoms with van der Waals surface area (Å²) < 4.78 is 3.74. The maximum Gasteiger partial charge on any atom is 0.166 e. The molecule has 0 spiro atoms. The van der Waals surface area contributed by atoms with Crippen molar-refractivity contribution in [2.75, 3.05) is 5.73 Å². The van der Waals surface area contributed by atoms with E-state index in [0.717, 1.165) is 16.9 Å². The Balaban J connectivity index is 2.06. The molecule has 2 N–H and O–H groups in total. The number of aryl methyl sites for hydroxylation is 1. The van der Waals surface area contributed by atoms with Gasteiger partial charge in [-0.25, -0.2) is 9.97 Å². The fourth-order valence-corrected chi connectivity index (χ4v) is 2.32. The highest BCUT2D eigenvalue weighted by Gasteiger charge is 2.12. The summed E-state index contributed by atoms with van der Waals surface area (Å²) in [5.74, 6) is 0.858. The van der Waals surface area contributed by atoms with Gasteiger partial charge in [0.05, 0.1) is 23.9 Å². The normalized spacial score (nSPS) is 11.3. The number of rotatable bonds is 2. The van der Waals surface area contributed by atoms with Gasteiger partial charge in [-0.15, -0.1) is 0 Å². The van der Waals surface area contributed by atoms with Crippen LogP contribution in [0.5, 0.6) is 0 Å². The molecule has 0 radical (unpaired) electrons. The average molecular weight is 296 g/mol. The summed E-state index contributed by atoms with van der Waals surface area (Å²) in [6, 6.07) is 5.65. The minimum Gasteiger partial charge on any atom is -0.399 e. The summed E-state index contributed by atoms with van der Waals surface area (Å²) in [6.07, 6.45) is 1.60. The molecule has 1 aromatic carbocycles. The molecule has 98 valence electrons. The molecule has 0 fully saturated rings. The van der Waals surface area contributed by atoms with E-state index in [9.17, 15) is 0 Å². The molecule has 19 heavy (non-hydrogen) atoms. The second kappa shape index (κ2) is 4.43. The van der Waals surface area contributed by atoms with Crippen LogP contribution in [0.3, 0.4) is 0 Å². The Kier molecular flexibility index (Phi) is 2.88. The van der Waals surface area contributed by atoms with Crippen molar-refractivity contribution in [3.63, 3.8) is 0 Å². The van der Waals surface area contributed by atoms with E-state index in [0.29, 0.717) is 22.5 Å². The quantitative estimate of drug-likeness (QED) is 0.740. The van der Waals surface area contributed by atoms with Gasteiger partial charge >= 0.3 is 0 Å². The van der Waals surface area contributed by atoms with Crippen LogP contribution in [0.15, 0.2) is 24.5 Å². The lowest BCUT2D eigenvalue weighted by Crippen LogP contribution is -2.05. The first-order valence-electron chi connectivity index (χ1n) is 5.63. The third kappa shape index (κ3) is 2.05. The second-order valence-electron chi connectivity index (χ2n) is 4.29. The fraction of sp³-hybridized carbons (Fsp3) is 0.167. The SMILES string of the molecule is Cn1c(Cn2cnc(Cl)c2Cl)nc2cc(N)ccc21. The maximum atomic E-state index is 6.05. The molecule has 0 saturated carbocycles. The number of nitrogens with two attached hydrogens (primary N) is 1. The molecule has 7 heteroatoms. The van der Waals surface area contributed by atoms with Gasteiger partial charge < -0.3 is 14.9 Å². The Hall–Kier alpha value is -1.72. The molecule has 2 heterocycles. The number of benzene rings is 1. The van der Waals surface area contributed by atoms with Crippen LogP contribution in [0.1, 0.15) is 5.82 Å². The molecule has 5 nitrogen and oxygen atoms in total. The van der Waals surface area contributed by atoms with E-state index in [-0.39, 0.29) is 0 Å². The average Bonchev–Trinajstić information content (AvgIpc) is 2.85. The Bertz CT molecular complexity index is 759. The molecule has 0 bridgehead atoms. The standard InChI is InChI=1S/C12H11Cl2N5/c1-18-9-3-2-7(15)4-8(9)17-10(18)5-19-6-16-11(13)12(19)14/h2-4,6H,5,15H2,1H3. The van der Waals surface area contributed by atoms with E-state index in [1.54, 1.807) is 10.9 Å². The van der Waals surface area contributed by atoms with Crippen molar-refractivity contribution >= 4 is 39.9 Å². The van der Waals surface area contributed by atoms with Gasteiger partial charge in [0.1, 0.15) is 11.0 Å². The molecular formula is C12H11Cl2N5. The summed E-state index contributed by atoms with van der Waals surface area (Å²) in [5.41, 5.74) is 8.34. The van der Waals surface area contributed by atoms with Crippen molar-refractivity contribution in [3.05, 3.63) is 40.7 Å². The van der Waals surface area contributed by atoms with Crippen molar-refractivity contribution in [3.8, 4) is 0 Å². The third-order valence-electron chi connectivity index (χ3n) is 3.04. The minimum absolute atomic E-state index is 0.296. The number of aromatic nitrogens is 4. The predicted molar refractivity (Wildman–Crippen MR) is 76.5 cm³/mol. The Morgan fingerprint density at radius 2 is 2.11 bits per heavy atom. The molecule has 2 aromatic heterocycles. The van der Waals surface area contributed by atoms with Gasteiger partial charge in [0.15, 0.2) is 5.15 Å². The van der Waals surface area contributed by atoms with Crippen molar-refractivity contribution in [2.45, 2.75) is 6.54 Å². The molecule has 3 rings (SSSR count). The van der Waals surface area contributed by atoms with Crippen LogP contribution in [0.25, 0.3) is 11.0 Å². The number of fused-ring (bicyclic) bond motifs is 1. The lowest BCUT2D eigenvalue weighted by molar-refractivity contribution is 0.708. The Morgan fingerprint density at radius 1 is 1.32 bits per heavy atom. The van der Waals surface area contributed by atoms with Crippen molar-refractivity contribution in [1.29, 1.82) is 0 Å². The van der Waals surface area contributed by atoms with Gasteiger partial charge in [0, 0.05) is 12.7 Å². The van der Waals surface area contributed by atoms with E-state index in [1.807, 2.05) is 29.8 Å². The van der Waals surface area contributed by atoms with Crippen molar-refractivity contribution in [1.82, 2.24) is 19.1 Å². The summed E-state index contributed by atoms with van der Waals surface area (Å²) in [4.78, 5) is 8.50. The lowest BCUT2D eigenvalue weighted by atomic mass is 10.3. The summed E-state index contributed by atoms with van der Waals surface area (Å²) in [6.45, 7) is 0.504. The van der Waals surface area contributed by atoms with Crippen molar-refractivity contribution < 1.29 is 0 Å². The van der Waals surface area contributed by atoms with Gasteiger partial charge in [0.2, 0.25) is 0 Å². The van der Waals surface area contributed by atoms with Crippen LogP contribution in [0.4, 0.5) is 5.69 Å². The topological polar surface area (TPSA) is 61.7 Å². The monoisotopic (exact) mass is 295 g/mol. The Morgan fingerprint density at radius 3 is 2.79 bits per heavy atom. The Labute approximate surface area is 119 Å². The summed E-state index contributed by atoms with van der Waals surface area (Å²) in [5, 5.41) is 0.706. The highest BCUT2D eigenvalue weighted by molar-refractivity contribution is 6.40. The van der Waals surface area contributed by atoms with Gasteiger partial charge in [-0.2, -0.15) is 0 Å². The van der Waals surface area contributed by atoms with E-state index in [2.05, 4.69) is 9.97 Å².